The first-order valence-corrected chi connectivity index (χ1v) is 10.0. The van der Waals surface area contributed by atoms with Crippen LogP contribution in [0.4, 0.5) is 0 Å². The first-order chi connectivity index (χ1) is 14.1. The molecule has 4 heteroatoms. The molecule has 2 aromatic heterocycles. The van der Waals surface area contributed by atoms with Crippen molar-refractivity contribution < 1.29 is 9.47 Å². The van der Waals surface area contributed by atoms with Gasteiger partial charge in [-0.15, -0.1) is 0 Å². The number of nitrogens with zero attached hydrogens (tertiary/aromatic N) is 2. The highest BCUT2D eigenvalue weighted by Crippen LogP contribution is 2.35. The Hall–Kier alpha value is -3.14. The second-order valence-corrected chi connectivity index (χ2v) is 7.39. The number of benzene rings is 2. The Morgan fingerprint density at radius 1 is 0.900 bits per heavy atom. The lowest BCUT2D eigenvalue weighted by molar-refractivity contribution is 0.356. The summed E-state index contributed by atoms with van der Waals surface area (Å²) in [6, 6.07) is 14.8. The van der Waals surface area contributed by atoms with Gasteiger partial charge < -0.3 is 9.47 Å². The monoisotopic (exact) mass is 402 g/mol. The van der Waals surface area contributed by atoms with Crippen LogP contribution in [0.1, 0.15) is 43.3 Å². The van der Waals surface area contributed by atoms with E-state index in [1.807, 2.05) is 13.1 Å². The number of methoxy groups -OCH3 is 2. The number of ether oxygens (including phenoxy) is 2. The molecule has 4 rings (SSSR count). The van der Waals surface area contributed by atoms with Crippen molar-refractivity contribution in [2.75, 3.05) is 14.2 Å². The molecule has 2 aromatic carbocycles. The van der Waals surface area contributed by atoms with Gasteiger partial charge in [0.15, 0.2) is 11.5 Å². The van der Waals surface area contributed by atoms with Crippen molar-refractivity contribution in [3.8, 4) is 11.5 Å². The predicted molar refractivity (Wildman–Crippen MR) is 125 cm³/mol. The van der Waals surface area contributed by atoms with E-state index in [1.165, 1.54) is 16.5 Å². The number of hydrogen-bond donors (Lipinski definition) is 0. The lowest BCUT2D eigenvalue weighted by Gasteiger charge is -2.15. The predicted octanol–water partition coefficient (Wildman–Crippen LogP) is 6.29. The zero-order valence-electron chi connectivity index (χ0n) is 17.5. The van der Waals surface area contributed by atoms with Crippen molar-refractivity contribution in [3.05, 3.63) is 71.2 Å². The maximum absolute atomic E-state index is 5.56. The molecule has 0 fully saturated rings. The van der Waals surface area contributed by atoms with E-state index >= 15 is 0 Å². The van der Waals surface area contributed by atoms with E-state index in [-0.39, 0.29) is 7.43 Å². The first-order valence-electron chi connectivity index (χ1n) is 10.0. The van der Waals surface area contributed by atoms with Crippen LogP contribution in [0.15, 0.2) is 48.7 Å². The SMILES string of the molecule is C.CCCc1ncc(Cc2ccc3nc(C)ccc3c2)c2cc(OC)c(OC)cc12. The molecule has 0 spiro atoms. The zero-order chi connectivity index (χ0) is 20.4. The minimum atomic E-state index is 0. The molecular formula is C26H30N2O2. The summed E-state index contributed by atoms with van der Waals surface area (Å²) in [6.45, 7) is 4.19. The molecule has 0 bridgehead atoms. The maximum Gasteiger partial charge on any atom is 0.161 e. The van der Waals surface area contributed by atoms with Crippen molar-refractivity contribution in [2.24, 2.45) is 0 Å². The van der Waals surface area contributed by atoms with Crippen molar-refractivity contribution in [2.45, 2.75) is 40.5 Å². The maximum atomic E-state index is 5.56. The fourth-order valence-electron chi connectivity index (χ4n) is 3.86. The summed E-state index contributed by atoms with van der Waals surface area (Å²) in [5.41, 5.74) is 5.59. The minimum absolute atomic E-state index is 0. The third kappa shape index (κ3) is 4.09. The van der Waals surface area contributed by atoms with Gasteiger partial charge in [-0.3, -0.25) is 9.97 Å². The van der Waals surface area contributed by atoms with Gasteiger partial charge in [-0.1, -0.05) is 32.9 Å². The third-order valence-corrected chi connectivity index (χ3v) is 5.33. The van der Waals surface area contributed by atoms with Gasteiger partial charge in [-0.25, -0.2) is 0 Å². The van der Waals surface area contributed by atoms with Gasteiger partial charge in [-0.2, -0.15) is 0 Å². The lowest BCUT2D eigenvalue weighted by Crippen LogP contribution is -1.99. The summed E-state index contributed by atoms with van der Waals surface area (Å²) in [4.78, 5) is 9.39. The number of pyridine rings is 2. The molecular weight excluding hydrogens is 372 g/mol. The van der Waals surface area contributed by atoms with Gasteiger partial charge in [0, 0.05) is 28.4 Å². The Morgan fingerprint density at radius 3 is 2.33 bits per heavy atom. The number of aromatic nitrogens is 2. The molecule has 0 aliphatic heterocycles. The third-order valence-electron chi connectivity index (χ3n) is 5.33. The quantitative estimate of drug-likeness (QED) is 0.380. The fourth-order valence-corrected chi connectivity index (χ4v) is 3.86. The van der Waals surface area contributed by atoms with Crippen LogP contribution in [0.2, 0.25) is 0 Å². The average molecular weight is 403 g/mol. The second-order valence-electron chi connectivity index (χ2n) is 7.39. The molecule has 0 aliphatic carbocycles. The largest absolute Gasteiger partial charge is 0.493 e. The Balaban J connectivity index is 0.00000256. The van der Waals surface area contributed by atoms with Crippen molar-refractivity contribution in [1.29, 1.82) is 0 Å². The molecule has 0 N–H and O–H groups in total. The average Bonchev–Trinajstić information content (AvgIpc) is 2.74. The molecule has 156 valence electrons. The summed E-state index contributed by atoms with van der Waals surface area (Å²) in [7, 11) is 3.35. The Kier molecular flexibility index (Phi) is 6.56. The molecule has 2 heterocycles. The van der Waals surface area contributed by atoms with Crippen LogP contribution in [0.5, 0.6) is 11.5 Å². The smallest absolute Gasteiger partial charge is 0.161 e. The van der Waals surface area contributed by atoms with E-state index in [9.17, 15) is 0 Å². The van der Waals surface area contributed by atoms with Gasteiger partial charge in [0.1, 0.15) is 0 Å². The molecule has 30 heavy (non-hydrogen) atoms. The highest BCUT2D eigenvalue weighted by Gasteiger charge is 2.14. The van der Waals surface area contributed by atoms with E-state index in [1.54, 1.807) is 14.2 Å². The van der Waals surface area contributed by atoms with Crippen LogP contribution in [0, 0.1) is 6.92 Å². The Morgan fingerprint density at radius 2 is 1.63 bits per heavy atom. The molecule has 0 aliphatic rings. The van der Waals surface area contributed by atoms with Crippen molar-refractivity contribution >= 4 is 21.7 Å². The molecule has 4 nitrogen and oxygen atoms in total. The zero-order valence-corrected chi connectivity index (χ0v) is 17.5. The number of rotatable bonds is 6. The van der Waals surface area contributed by atoms with E-state index in [0.29, 0.717) is 0 Å². The topological polar surface area (TPSA) is 44.2 Å². The molecule has 4 aromatic rings. The minimum Gasteiger partial charge on any atom is -0.493 e. The summed E-state index contributed by atoms with van der Waals surface area (Å²) >= 11 is 0. The Bertz CT molecular complexity index is 1180. The van der Waals surface area contributed by atoms with Crippen molar-refractivity contribution in [1.82, 2.24) is 9.97 Å². The molecule has 0 atom stereocenters. The molecule has 0 saturated carbocycles. The Labute approximate surface area is 178 Å². The van der Waals surface area contributed by atoms with Crippen LogP contribution < -0.4 is 9.47 Å². The van der Waals surface area contributed by atoms with Gasteiger partial charge in [-0.05, 0) is 66.6 Å². The van der Waals surface area contributed by atoms with Crippen LogP contribution in [0.3, 0.4) is 0 Å². The van der Waals surface area contributed by atoms with Crippen LogP contribution in [-0.2, 0) is 12.8 Å². The summed E-state index contributed by atoms with van der Waals surface area (Å²) in [5, 5.41) is 3.47. The fraction of sp³-hybridized carbons (Fsp3) is 0.308. The normalized spacial score (nSPS) is 10.8. The summed E-state index contributed by atoms with van der Waals surface area (Å²) in [5.74, 6) is 1.48. The van der Waals surface area contributed by atoms with Crippen LogP contribution in [0.25, 0.3) is 21.7 Å². The second kappa shape index (κ2) is 9.12. The highest BCUT2D eigenvalue weighted by molar-refractivity contribution is 5.91. The van der Waals surface area contributed by atoms with Gasteiger partial charge in [0.2, 0.25) is 0 Å². The molecule has 0 radical (unpaired) electrons. The molecule has 0 saturated heterocycles. The van der Waals surface area contributed by atoms with E-state index in [0.717, 1.165) is 58.4 Å². The van der Waals surface area contributed by atoms with Gasteiger partial charge in [0.25, 0.3) is 0 Å². The van der Waals surface area contributed by atoms with Gasteiger partial charge in [0.05, 0.1) is 19.7 Å². The number of aryl methyl sites for hydroxylation is 2. The molecule has 0 amide bonds. The number of hydrogen-bond acceptors (Lipinski definition) is 4. The lowest BCUT2D eigenvalue weighted by atomic mass is 9.97. The van der Waals surface area contributed by atoms with E-state index in [4.69, 9.17) is 14.5 Å². The summed E-state index contributed by atoms with van der Waals surface area (Å²) < 4.78 is 11.1. The van der Waals surface area contributed by atoms with Gasteiger partial charge >= 0.3 is 0 Å². The number of fused-ring (bicyclic) bond motifs is 2. The van der Waals surface area contributed by atoms with E-state index in [2.05, 4.69) is 54.4 Å². The standard InChI is InChI=1S/C25H26N2O2.CH4/c1-5-6-23-21-14-25(29-4)24(28-3)13-20(21)19(15-26-23)12-17-8-10-22-18(11-17)9-7-16(2)27-22;/h7-11,13-15H,5-6,12H2,1-4H3;1H4. The van der Waals surface area contributed by atoms with Crippen molar-refractivity contribution in [3.63, 3.8) is 0 Å². The van der Waals surface area contributed by atoms with Crippen LogP contribution >= 0.6 is 0 Å². The molecule has 0 unspecified atom stereocenters. The highest BCUT2D eigenvalue weighted by atomic mass is 16.5. The van der Waals surface area contributed by atoms with E-state index < -0.39 is 0 Å². The van der Waals surface area contributed by atoms with Crippen LogP contribution in [-0.4, -0.2) is 24.2 Å². The first kappa shape index (κ1) is 21.6. The summed E-state index contributed by atoms with van der Waals surface area (Å²) in [6.07, 6.45) is 4.80.